The zero-order valence-electron chi connectivity index (χ0n) is 17.5. The molecular formula is C17H28N6O9S. The van der Waals surface area contributed by atoms with Gasteiger partial charge in [-0.25, -0.2) is 4.79 Å². The lowest BCUT2D eigenvalue weighted by molar-refractivity contribution is -0.143. The molecule has 0 fully saturated rings. The minimum Gasteiger partial charge on any atom is -0.481 e. The van der Waals surface area contributed by atoms with Crippen molar-refractivity contribution in [3.05, 3.63) is 0 Å². The molecule has 11 N–H and O–H groups in total. The van der Waals surface area contributed by atoms with E-state index >= 15 is 0 Å². The van der Waals surface area contributed by atoms with Crippen LogP contribution in [0.2, 0.25) is 0 Å². The molecule has 33 heavy (non-hydrogen) atoms. The number of thiol groups is 1. The highest BCUT2D eigenvalue weighted by atomic mass is 32.1. The molecule has 0 saturated carbocycles. The van der Waals surface area contributed by atoms with Crippen molar-refractivity contribution < 1.29 is 43.8 Å². The summed E-state index contributed by atoms with van der Waals surface area (Å²) in [4.78, 5) is 81.1. The van der Waals surface area contributed by atoms with Gasteiger partial charge in [0.05, 0.1) is 12.5 Å². The van der Waals surface area contributed by atoms with E-state index < -0.39 is 72.1 Å². The molecule has 0 aromatic rings. The maximum absolute atomic E-state index is 12.5. The van der Waals surface area contributed by atoms with Crippen LogP contribution in [0.5, 0.6) is 0 Å². The second-order valence-corrected chi connectivity index (χ2v) is 7.28. The zero-order chi connectivity index (χ0) is 25.7. The number of carbonyl (C=O) groups is 7. The third-order valence-electron chi connectivity index (χ3n) is 4.16. The monoisotopic (exact) mass is 492 g/mol. The number of primary amides is 2. The zero-order valence-corrected chi connectivity index (χ0v) is 18.4. The number of nitrogens with two attached hydrogens (primary N) is 3. The lowest BCUT2D eigenvalue weighted by Crippen LogP contribution is -2.58. The van der Waals surface area contributed by atoms with Crippen molar-refractivity contribution in [2.24, 2.45) is 17.2 Å². The molecule has 0 aliphatic carbocycles. The summed E-state index contributed by atoms with van der Waals surface area (Å²) in [7, 11) is 0. The minimum absolute atomic E-state index is 0.0893. The minimum atomic E-state index is -1.71. The molecule has 0 aromatic heterocycles. The normalized spacial score (nSPS) is 14.1. The fourth-order valence-electron chi connectivity index (χ4n) is 2.37. The second kappa shape index (κ2) is 14.6. The molecule has 0 radical (unpaired) electrons. The first-order chi connectivity index (χ1) is 15.3. The van der Waals surface area contributed by atoms with Crippen molar-refractivity contribution in [3.8, 4) is 0 Å². The van der Waals surface area contributed by atoms with Crippen LogP contribution >= 0.6 is 12.6 Å². The summed E-state index contributed by atoms with van der Waals surface area (Å²) in [6, 6.07) is -5.79. The Hall–Kier alpha value is -3.40. The van der Waals surface area contributed by atoms with Gasteiger partial charge in [0.15, 0.2) is 0 Å². The van der Waals surface area contributed by atoms with Gasteiger partial charge in [-0.05, 0) is 12.8 Å². The second-order valence-electron chi connectivity index (χ2n) is 6.92. The topological polar surface area (TPSA) is 274 Å². The lowest BCUT2D eigenvalue weighted by Gasteiger charge is -2.23. The van der Waals surface area contributed by atoms with Crippen LogP contribution in [-0.2, 0) is 33.6 Å². The van der Waals surface area contributed by atoms with Crippen LogP contribution in [0.4, 0.5) is 0 Å². The number of hydrogen-bond donors (Lipinski definition) is 9. The van der Waals surface area contributed by atoms with Crippen LogP contribution in [0.1, 0.15) is 32.1 Å². The van der Waals surface area contributed by atoms with Crippen molar-refractivity contribution in [1.82, 2.24) is 16.0 Å². The molecule has 0 saturated heterocycles. The number of nitrogens with one attached hydrogen (secondary N) is 3. The molecule has 16 heteroatoms. The van der Waals surface area contributed by atoms with Gasteiger partial charge in [0.1, 0.15) is 18.1 Å². The average molecular weight is 493 g/mol. The first kappa shape index (κ1) is 29.6. The molecule has 0 rings (SSSR count). The van der Waals surface area contributed by atoms with E-state index in [4.69, 9.17) is 27.4 Å². The van der Waals surface area contributed by atoms with Gasteiger partial charge in [-0.1, -0.05) is 0 Å². The quantitative estimate of drug-likeness (QED) is 0.0936. The molecule has 4 unspecified atom stereocenters. The van der Waals surface area contributed by atoms with Crippen molar-refractivity contribution in [2.75, 3.05) is 5.75 Å². The van der Waals surface area contributed by atoms with Crippen molar-refractivity contribution in [3.63, 3.8) is 0 Å². The van der Waals surface area contributed by atoms with Gasteiger partial charge in [-0.2, -0.15) is 12.6 Å². The summed E-state index contributed by atoms with van der Waals surface area (Å²) in [5, 5.41) is 24.6. The Labute approximate surface area is 193 Å². The Kier molecular flexibility index (Phi) is 13.1. The molecular weight excluding hydrogens is 464 g/mol. The maximum Gasteiger partial charge on any atom is 0.326 e. The van der Waals surface area contributed by atoms with E-state index in [0.717, 1.165) is 0 Å². The number of carbonyl (C=O) groups excluding carboxylic acids is 5. The summed E-state index contributed by atoms with van der Waals surface area (Å²) >= 11 is 3.93. The summed E-state index contributed by atoms with van der Waals surface area (Å²) in [6.07, 6.45) is -1.90. The van der Waals surface area contributed by atoms with Gasteiger partial charge < -0.3 is 43.4 Å². The summed E-state index contributed by atoms with van der Waals surface area (Å²) in [5.41, 5.74) is 15.5. The van der Waals surface area contributed by atoms with Gasteiger partial charge in [-0.3, -0.25) is 28.8 Å². The molecule has 0 bridgehead atoms. The van der Waals surface area contributed by atoms with E-state index in [1.807, 2.05) is 5.32 Å². The molecule has 0 spiro atoms. The van der Waals surface area contributed by atoms with E-state index in [9.17, 15) is 33.6 Å². The Morgan fingerprint density at radius 1 is 0.727 bits per heavy atom. The smallest absolute Gasteiger partial charge is 0.326 e. The van der Waals surface area contributed by atoms with Crippen molar-refractivity contribution in [1.29, 1.82) is 0 Å². The first-order valence-corrected chi connectivity index (χ1v) is 10.2. The van der Waals surface area contributed by atoms with E-state index in [1.165, 1.54) is 0 Å². The molecule has 15 nitrogen and oxygen atoms in total. The highest BCUT2D eigenvalue weighted by molar-refractivity contribution is 7.80. The summed E-state index contributed by atoms with van der Waals surface area (Å²) < 4.78 is 0. The van der Waals surface area contributed by atoms with Crippen molar-refractivity contribution in [2.45, 2.75) is 56.3 Å². The van der Waals surface area contributed by atoms with E-state index in [1.54, 1.807) is 0 Å². The Bertz CT molecular complexity index is 778. The third kappa shape index (κ3) is 12.3. The molecule has 0 aromatic carbocycles. The Morgan fingerprint density at radius 3 is 1.64 bits per heavy atom. The molecule has 5 amide bonds. The molecule has 0 aliphatic rings. The van der Waals surface area contributed by atoms with E-state index in [2.05, 4.69) is 23.3 Å². The fraction of sp³-hybridized carbons (Fsp3) is 0.588. The van der Waals surface area contributed by atoms with Crippen LogP contribution in [-0.4, -0.2) is 81.6 Å². The molecule has 0 aliphatic heterocycles. The van der Waals surface area contributed by atoms with Crippen LogP contribution in [0.3, 0.4) is 0 Å². The lowest BCUT2D eigenvalue weighted by atomic mass is 10.1. The number of carboxylic acids is 2. The van der Waals surface area contributed by atoms with Gasteiger partial charge in [0.2, 0.25) is 29.5 Å². The number of amides is 5. The number of hydrogen-bond acceptors (Lipinski definition) is 9. The Morgan fingerprint density at radius 2 is 1.18 bits per heavy atom. The Balaban J connectivity index is 5.26. The fourth-order valence-corrected chi connectivity index (χ4v) is 2.63. The average Bonchev–Trinajstić information content (AvgIpc) is 2.71. The largest absolute Gasteiger partial charge is 0.481 e. The number of carboxylic acid groups (broad SMARTS) is 2. The third-order valence-corrected chi connectivity index (χ3v) is 4.52. The standard InChI is InChI=1S/C17H28N6O9S/c18-7(1-3-11(19)24)14(28)23-10(6-33)16(30)22-9(5-13(26)27)15(29)21-8(17(31)32)2-4-12(20)25/h7-10,33H,1-6,18H2,(H2,19,24)(H2,20,25)(H,21,29)(H,22,30)(H,23,28)(H,26,27)(H,31,32). The van der Waals surface area contributed by atoms with E-state index in [-0.39, 0.29) is 31.4 Å². The van der Waals surface area contributed by atoms with Crippen LogP contribution in [0, 0.1) is 0 Å². The molecule has 0 heterocycles. The summed E-state index contributed by atoms with van der Waals surface area (Å²) in [6.45, 7) is 0. The highest BCUT2D eigenvalue weighted by Crippen LogP contribution is 2.03. The maximum atomic E-state index is 12.5. The molecule has 4 atom stereocenters. The van der Waals surface area contributed by atoms with Gasteiger partial charge in [0, 0.05) is 18.6 Å². The van der Waals surface area contributed by atoms with Crippen molar-refractivity contribution >= 4 is 54.1 Å². The van der Waals surface area contributed by atoms with Crippen LogP contribution in [0.25, 0.3) is 0 Å². The summed E-state index contributed by atoms with van der Waals surface area (Å²) in [5.74, 6) is -7.71. The van der Waals surface area contributed by atoms with E-state index in [0.29, 0.717) is 0 Å². The first-order valence-electron chi connectivity index (χ1n) is 9.57. The number of aliphatic carboxylic acids is 2. The SMILES string of the molecule is NC(=O)CCC(N)C(=O)NC(CS)C(=O)NC(CC(=O)O)C(=O)NC(CCC(N)=O)C(=O)O. The van der Waals surface area contributed by atoms with Gasteiger partial charge in [0.25, 0.3) is 0 Å². The molecule has 186 valence electrons. The van der Waals surface area contributed by atoms with Gasteiger partial charge in [-0.15, -0.1) is 0 Å². The predicted molar refractivity (Wildman–Crippen MR) is 114 cm³/mol. The van der Waals surface area contributed by atoms with Crippen LogP contribution in [0.15, 0.2) is 0 Å². The van der Waals surface area contributed by atoms with Gasteiger partial charge >= 0.3 is 11.9 Å². The van der Waals surface area contributed by atoms with Crippen LogP contribution < -0.4 is 33.2 Å². The predicted octanol–water partition coefficient (Wildman–Crippen LogP) is -4.21. The highest BCUT2D eigenvalue weighted by Gasteiger charge is 2.31. The number of rotatable bonds is 16.